The van der Waals surface area contributed by atoms with Crippen LogP contribution in [0.5, 0.6) is 0 Å². The Labute approximate surface area is 234 Å². The predicted molar refractivity (Wildman–Crippen MR) is 128 cm³/mol. The monoisotopic (exact) mass is 501 g/mol. The molecule has 0 aliphatic carbocycles. The Morgan fingerprint density at radius 2 is 1.44 bits per heavy atom. The van der Waals surface area contributed by atoms with E-state index in [0.29, 0.717) is 32.6 Å². The van der Waals surface area contributed by atoms with Crippen molar-refractivity contribution in [1.29, 1.82) is 0 Å². The first-order valence-corrected chi connectivity index (χ1v) is 12.1. The van der Waals surface area contributed by atoms with Crippen LogP contribution in [0.2, 0.25) is 0 Å². The average molecular weight is 502 g/mol. The molecule has 2 saturated heterocycles. The molecular weight excluding hydrogens is 469 g/mol. The Balaban J connectivity index is 0.00000361. The third-order valence-corrected chi connectivity index (χ3v) is 6.53. The summed E-state index contributed by atoms with van der Waals surface area (Å²) in [5.74, 6) is -1.97. The zero-order valence-corrected chi connectivity index (χ0v) is 23.1. The molecule has 0 aromatic heterocycles. The van der Waals surface area contributed by atoms with Gasteiger partial charge in [0.05, 0.1) is 12.0 Å². The Kier molecular flexibility index (Phi) is 10.1. The normalized spacial score (nSPS) is 20.5. The van der Waals surface area contributed by atoms with Gasteiger partial charge in [0.2, 0.25) is 5.91 Å². The zero-order chi connectivity index (χ0) is 24.9. The standard InChI is InChI=1S/C27H33N3O5.Na/c1-18(2)17-21(28-25(31)23-24(35-23)27(33)34)26(32)30-15-13-29(14-16-30)22(19-9-5-3-6-10-19)20-11-7-4-8-12-20;/h3-12,18,21-24H,13-17H2,1-2H3,(H,28,31)(H,33,34);/q;+1/p-1. The van der Waals surface area contributed by atoms with E-state index < -0.39 is 30.1 Å². The fourth-order valence-electron chi connectivity index (χ4n) is 4.74. The maximum atomic E-state index is 13.4. The smallest absolute Gasteiger partial charge is 0.547 e. The third kappa shape index (κ3) is 6.95. The van der Waals surface area contributed by atoms with Crippen LogP contribution in [-0.4, -0.2) is 72.0 Å². The number of amides is 2. The van der Waals surface area contributed by atoms with Crippen LogP contribution in [0.1, 0.15) is 37.4 Å². The van der Waals surface area contributed by atoms with Gasteiger partial charge in [0.25, 0.3) is 5.91 Å². The zero-order valence-electron chi connectivity index (χ0n) is 21.1. The number of carboxylic acids is 1. The quantitative estimate of drug-likeness (QED) is 0.314. The first kappa shape index (κ1) is 28.3. The summed E-state index contributed by atoms with van der Waals surface area (Å²) >= 11 is 0. The van der Waals surface area contributed by atoms with Crippen LogP contribution in [0.15, 0.2) is 60.7 Å². The van der Waals surface area contributed by atoms with Crippen molar-refractivity contribution in [2.45, 2.75) is 44.6 Å². The maximum absolute atomic E-state index is 13.4. The minimum atomic E-state index is -1.42. The first-order valence-electron chi connectivity index (χ1n) is 12.1. The molecule has 4 rings (SSSR count). The summed E-state index contributed by atoms with van der Waals surface area (Å²) in [6.45, 7) is 6.43. The number of piperazine rings is 1. The number of rotatable bonds is 9. The van der Waals surface area contributed by atoms with E-state index in [1.165, 1.54) is 11.1 Å². The number of nitrogens with zero attached hydrogens (tertiary/aromatic N) is 2. The molecule has 3 atom stereocenters. The molecular formula is C27H32N3NaO5. The molecule has 0 bridgehead atoms. The summed E-state index contributed by atoms with van der Waals surface area (Å²) in [7, 11) is 0. The maximum Gasteiger partial charge on any atom is 1.00 e. The molecule has 8 nitrogen and oxygen atoms in total. The molecule has 2 amide bonds. The van der Waals surface area contributed by atoms with Crippen LogP contribution in [-0.2, 0) is 19.1 Å². The van der Waals surface area contributed by atoms with Gasteiger partial charge in [-0.25, -0.2) is 0 Å². The van der Waals surface area contributed by atoms with Gasteiger partial charge in [-0.15, -0.1) is 0 Å². The van der Waals surface area contributed by atoms with Crippen LogP contribution in [0.25, 0.3) is 0 Å². The van der Waals surface area contributed by atoms with Gasteiger partial charge in [0.1, 0.15) is 12.1 Å². The number of ether oxygens (including phenoxy) is 1. The van der Waals surface area contributed by atoms with Crippen molar-refractivity contribution in [3.8, 4) is 0 Å². The summed E-state index contributed by atoms with van der Waals surface area (Å²) in [4.78, 5) is 40.9. The van der Waals surface area contributed by atoms with Crippen molar-refractivity contribution in [3.05, 3.63) is 71.8 Å². The summed E-state index contributed by atoms with van der Waals surface area (Å²) in [5.41, 5.74) is 2.41. The number of epoxide rings is 1. The van der Waals surface area contributed by atoms with Gasteiger partial charge in [-0.3, -0.25) is 14.5 Å². The minimum Gasteiger partial charge on any atom is -0.547 e. The van der Waals surface area contributed by atoms with Crippen molar-refractivity contribution < 1.29 is 53.8 Å². The van der Waals surface area contributed by atoms with E-state index in [2.05, 4.69) is 34.5 Å². The van der Waals surface area contributed by atoms with Crippen molar-refractivity contribution in [2.24, 2.45) is 5.92 Å². The van der Waals surface area contributed by atoms with Gasteiger partial charge in [0.15, 0.2) is 6.10 Å². The van der Waals surface area contributed by atoms with Gasteiger partial charge in [-0.2, -0.15) is 0 Å². The fraction of sp³-hybridized carbons (Fsp3) is 0.444. The molecule has 186 valence electrons. The Bertz CT molecular complexity index is 989. The molecule has 0 radical (unpaired) electrons. The topological polar surface area (TPSA) is 105 Å². The molecule has 2 aromatic carbocycles. The van der Waals surface area contributed by atoms with Gasteiger partial charge < -0.3 is 24.9 Å². The minimum absolute atomic E-state index is 0. The van der Waals surface area contributed by atoms with Crippen LogP contribution in [0, 0.1) is 5.92 Å². The van der Waals surface area contributed by atoms with E-state index >= 15 is 0 Å². The molecule has 3 unspecified atom stereocenters. The van der Waals surface area contributed by atoms with Crippen molar-refractivity contribution >= 4 is 17.8 Å². The summed E-state index contributed by atoms with van der Waals surface area (Å²) in [6.07, 6.45) is -1.86. The van der Waals surface area contributed by atoms with Crippen LogP contribution < -0.4 is 40.0 Å². The van der Waals surface area contributed by atoms with Crippen LogP contribution in [0.3, 0.4) is 0 Å². The fourth-order valence-corrected chi connectivity index (χ4v) is 4.74. The molecule has 2 aliphatic heterocycles. The van der Waals surface area contributed by atoms with Crippen LogP contribution in [0.4, 0.5) is 0 Å². The molecule has 0 spiro atoms. The van der Waals surface area contributed by atoms with Crippen molar-refractivity contribution in [3.63, 3.8) is 0 Å². The number of nitrogens with one attached hydrogen (secondary N) is 1. The number of carbonyl (C=O) groups is 3. The van der Waals surface area contributed by atoms with E-state index in [0.717, 1.165) is 0 Å². The number of benzene rings is 2. The van der Waals surface area contributed by atoms with Gasteiger partial charge in [-0.05, 0) is 23.5 Å². The second-order valence-electron chi connectivity index (χ2n) is 9.57. The predicted octanol–water partition coefficient (Wildman–Crippen LogP) is -2.03. The number of hydrogen-bond donors (Lipinski definition) is 1. The second-order valence-corrected chi connectivity index (χ2v) is 9.57. The number of carboxylic acid groups (broad SMARTS) is 1. The molecule has 2 aromatic rings. The summed E-state index contributed by atoms with van der Waals surface area (Å²) < 4.78 is 4.89. The largest absolute Gasteiger partial charge is 1.00 e. The average Bonchev–Trinajstić information content (AvgIpc) is 3.67. The number of aliphatic carboxylic acids is 1. The molecule has 9 heteroatoms. The second kappa shape index (κ2) is 12.8. The van der Waals surface area contributed by atoms with E-state index in [9.17, 15) is 19.5 Å². The molecule has 1 N–H and O–H groups in total. The molecule has 2 heterocycles. The third-order valence-electron chi connectivity index (χ3n) is 6.53. The van der Waals surface area contributed by atoms with E-state index in [-0.39, 0.29) is 47.4 Å². The number of carbonyl (C=O) groups excluding carboxylic acids is 3. The van der Waals surface area contributed by atoms with Crippen molar-refractivity contribution in [1.82, 2.24) is 15.1 Å². The molecule has 2 fully saturated rings. The molecule has 36 heavy (non-hydrogen) atoms. The van der Waals surface area contributed by atoms with Gasteiger partial charge >= 0.3 is 29.6 Å². The van der Waals surface area contributed by atoms with Gasteiger partial charge in [-0.1, -0.05) is 74.5 Å². The Morgan fingerprint density at radius 3 is 1.89 bits per heavy atom. The van der Waals surface area contributed by atoms with E-state index in [1.54, 1.807) is 4.90 Å². The van der Waals surface area contributed by atoms with E-state index in [1.807, 2.05) is 50.2 Å². The first-order chi connectivity index (χ1) is 16.8. The summed E-state index contributed by atoms with van der Waals surface area (Å²) in [6, 6.07) is 20.1. The van der Waals surface area contributed by atoms with Gasteiger partial charge in [0, 0.05) is 26.2 Å². The Morgan fingerprint density at radius 1 is 0.917 bits per heavy atom. The molecule has 2 aliphatic rings. The SMILES string of the molecule is CC(C)CC(NC(=O)C1OC1C(=O)[O-])C(=O)N1CCN(C(c2ccccc2)c2ccccc2)CC1.[Na+]. The molecule has 0 saturated carbocycles. The van der Waals surface area contributed by atoms with E-state index in [4.69, 9.17) is 4.74 Å². The number of hydrogen-bond acceptors (Lipinski definition) is 6. The Hall–Kier alpha value is -2.23. The van der Waals surface area contributed by atoms with Crippen LogP contribution >= 0.6 is 0 Å². The van der Waals surface area contributed by atoms with Crippen molar-refractivity contribution in [2.75, 3.05) is 26.2 Å². The summed E-state index contributed by atoms with van der Waals surface area (Å²) in [5, 5.41) is 13.6.